The standard InChI is InChI=1S/C24H25F2N3O3/c1-13-6-5-7-18-19(13)22(30)29(17-11-15(25)10-16(26)12-17)21(27-18)20(14-8-9-14)28-23(31)32-24(2,3)4/h5-7,10-12,14,20H,8-9H2,1-4H3,(H,28,31)/t20-/m0/s1. The summed E-state index contributed by atoms with van der Waals surface area (Å²) in [5.41, 5.74) is -0.00572. The molecule has 1 N–H and O–H groups in total. The minimum absolute atomic E-state index is 0.0109. The Morgan fingerprint density at radius 2 is 1.84 bits per heavy atom. The Bertz CT molecular complexity index is 1240. The fourth-order valence-corrected chi connectivity index (χ4v) is 3.80. The van der Waals surface area contributed by atoms with Crippen LogP contribution in [0.15, 0.2) is 41.2 Å². The Balaban J connectivity index is 1.94. The highest BCUT2D eigenvalue weighted by Gasteiger charge is 2.38. The molecule has 1 aromatic heterocycles. The first-order chi connectivity index (χ1) is 15.0. The Labute approximate surface area is 184 Å². The Morgan fingerprint density at radius 3 is 2.44 bits per heavy atom. The number of hydrogen-bond donors (Lipinski definition) is 1. The fraction of sp³-hybridized carbons (Fsp3) is 0.375. The molecule has 0 radical (unpaired) electrons. The highest BCUT2D eigenvalue weighted by Crippen LogP contribution is 2.41. The number of aryl methyl sites for hydroxylation is 1. The smallest absolute Gasteiger partial charge is 0.408 e. The topological polar surface area (TPSA) is 73.2 Å². The lowest BCUT2D eigenvalue weighted by Gasteiger charge is -2.25. The van der Waals surface area contributed by atoms with Gasteiger partial charge in [-0.05, 0) is 70.2 Å². The van der Waals surface area contributed by atoms with Gasteiger partial charge in [0.25, 0.3) is 5.56 Å². The first kappa shape index (κ1) is 21.9. The van der Waals surface area contributed by atoms with Gasteiger partial charge in [0.2, 0.25) is 0 Å². The zero-order valence-corrected chi connectivity index (χ0v) is 18.4. The van der Waals surface area contributed by atoms with Crippen molar-refractivity contribution in [1.82, 2.24) is 14.9 Å². The van der Waals surface area contributed by atoms with E-state index in [-0.39, 0.29) is 17.4 Å². The number of nitrogens with zero attached hydrogens (tertiary/aromatic N) is 2. The molecule has 3 aromatic rings. The van der Waals surface area contributed by atoms with Gasteiger partial charge >= 0.3 is 6.09 Å². The first-order valence-electron chi connectivity index (χ1n) is 10.5. The van der Waals surface area contributed by atoms with Gasteiger partial charge in [-0.25, -0.2) is 18.6 Å². The second-order valence-electron chi connectivity index (χ2n) is 9.17. The van der Waals surface area contributed by atoms with Crippen LogP contribution in [0.3, 0.4) is 0 Å². The van der Waals surface area contributed by atoms with E-state index in [1.54, 1.807) is 45.9 Å². The largest absolute Gasteiger partial charge is 0.444 e. The molecular formula is C24H25F2N3O3. The maximum Gasteiger partial charge on any atom is 0.408 e. The van der Waals surface area contributed by atoms with E-state index in [4.69, 9.17) is 9.72 Å². The number of ether oxygens (including phenoxy) is 1. The Hall–Kier alpha value is -3.29. The van der Waals surface area contributed by atoms with Gasteiger partial charge in [0, 0.05) is 6.07 Å². The number of benzene rings is 2. The molecule has 0 spiro atoms. The molecule has 0 bridgehead atoms. The van der Waals surface area contributed by atoms with E-state index in [2.05, 4.69) is 5.32 Å². The van der Waals surface area contributed by atoms with E-state index in [0.717, 1.165) is 31.0 Å². The maximum atomic E-state index is 14.1. The molecule has 0 unspecified atom stereocenters. The average molecular weight is 441 g/mol. The number of fused-ring (bicyclic) bond motifs is 1. The van der Waals surface area contributed by atoms with E-state index in [0.29, 0.717) is 16.5 Å². The molecule has 0 aliphatic heterocycles. The van der Waals surface area contributed by atoms with Crippen LogP contribution in [-0.4, -0.2) is 21.2 Å². The first-order valence-corrected chi connectivity index (χ1v) is 10.5. The molecule has 1 aliphatic carbocycles. The summed E-state index contributed by atoms with van der Waals surface area (Å²) in [5, 5.41) is 3.18. The van der Waals surface area contributed by atoms with Crippen molar-refractivity contribution in [2.45, 2.75) is 52.2 Å². The number of carbonyl (C=O) groups excluding carboxylic acids is 1. The van der Waals surface area contributed by atoms with Gasteiger partial charge < -0.3 is 10.1 Å². The molecule has 6 nitrogen and oxygen atoms in total. The van der Waals surface area contributed by atoms with Crippen LogP contribution in [0.5, 0.6) is 0 Å². The van der Waals surface area contributed by atoms with Gasteiger partial charge in [0.05, 0.1) is 22.6 Å². The van der Waals surface area contributed by atoms with E-state index in [9.17, 15) is 18.4 Å². The van der Waals surface area contributed by atoms with E-state index in [1.165, 1.54) is 4.57 Å². The van der Waals surface area contributed by atoms with Crippen molar-refractivity contribution in [3.05, 3.63) is 69.8 Å². The van der Waals surface area contributed by atoms with Gasteiger partial charge in [-0.15, -0.1) is 0 Å². The summed E-state index contributed by atoms with van der Waals surface area (Å²) in [5.74, 6) is -1.38. The second-order valence-corrected chi connectivity index (χ2v) is 9.17. The van der Waals surface area contributed by atoms with Crippen molar-refractivity contribution in [2.75, 3.05) is 0 Å². The summed E-state index contributed by atoms with van der Waals surface area (Å²) >= 11 is 0. The third-order valence-electron chi connectivity index (χ3n) is 5.28. The quantitative estimate of drug-likeness (QED) is 0.622. The molecule has 1 atom stereocenters. The third-order valence-corrected chi connectivity index (χ3v) is 5.28. The SMILES string of the molecule is Cc1cccc2nc([C@@H](NC(=O)OC(C)(C)C)C3CC3)n(-c3cc(F)cc(F)c3)c(=O)c12. The summed E-state index contributed by atoms with van der Waals surface area (Å²) in [4.78, 5) is 30.8. The predicted octanol–water partition coefficient (Wildman–Crippen LogP) is 4.95. The molecule has 168 valence electrons. The zero-order chi connectivity index (χ0) is 23.2. The normalized spacial score (nSPS) is 14.9. The highest BCUT2D eigenvalue weighted by molar-refractivity contribution is 5.81. The molecule has 1 aliphatic rings. The molecule has 1 saturated carbocycles. The minimum Gasteiger partial charge on any atom is -0.444 e. The molecule has 32 heavy (non-hydrogen) atoms. The molecule has 1 amide bonds. The van der Waals surface area contributed by atoms with Crippen LogP contribution < -0.4 is 10.9 Å². The van der Waals surface area contributed by atoms with Crippen molar-refractivity contribution < 1.29 is 18.3 Å². The molecule has 4 rings (SSSR count). The van der Waals surface area contributed by atoms with Crippen LogP contribution in [0.1, 0.15) is 51.0 Å². The van der Waals surface area contributed by atoms with Crippen molar-refractivity contribution in [1.29, 1.82) is 0 Å². The zero-order valence-electron chi connectivity index (χ0n) is 18.4. The van der Waals surface area contributed by atoms with Crippen LogP contribution in [0.2, 0.25) is 0 Å². The van der Waals surface area contributed by atoms with Gasteiger partial charge in [-0.2, -0.15) is 0 Å². The van der Waals surface area contributed by atoms with E-state index >= 15 is 0 Å². The maximum absolute atomic E-state index is 14.1. The summed E-state index contributed by atoms with van der Waals surface area (Å²) < 4.78 is 34.7. The number of amides is 1. The third kappa shape index (κ3) is 4.49. The van der Waals surface area contributed by atoms with Crippen molar-refractivity contribution in [2.24, 2.45) is 5.92 Å². The summed E-state index contributed by atoms with van der Waals surface area (Å²) in [6, 6.07) is 7.52. The van der Waals surface area contributed by atoms with Crippen LogP contribution in [-0.2, 0) is 4.74 Å². The number of hydrogen-bond acceptors (Lipinski definition) is 4. The lowest BCUT2D eigenvalue weighted by atomic mass is 10.1. The van der Waals surface area contributed by atoms with Crippen LogP contribution in [0.25, 0.3) is 16.6 Å². The predicted molar refractivity (Wildman–Crippen MR) is 117 cm³/mol. The number of rotatable bonds is 4. The second kappa shape index (κ2) is 8.00. The van der Waals surface area contributed by atoms with Crippen molar-refractivity contribution in [3.8, 4) is 5.69 Å². The molecule has 2 aromatic carbocycles. The van der Waals surface area contributed by atoms with Gasteiger partial charge in [0.15, 0.2) is 0 Å². The molecule has 0 saturated heterocycles. The molecular weight excluding hydrogens is 416 g/mol. The summed E-state index contributed by atoms with van der Waals surface area (Å²) in [6.07, 6.45) is 0.990. The van der Waals surface area contributed by atoms with Gasteiger partial charge in [0.1, 0.15) is 23.1 Å². The molecule has 1 heterocycles. The minimum atomic E-state index is -0.814. The van der Waals surface area contributed by atoms with E-state index in [1.807, 2.05) is 0 Å². The number of halogens is 2. The Morgan fingerprint density at radius 1 is 1.19 bits per heavy atom. The van der Waals surface area contributed by atoms with Crippen LogP contribution >= 0.6 is 0 Å². The molecule has 8 heteroatoms. The number of nitrogens with one attached hydrogen (secondary N) is 1. The summed E-state index contributed by atoms with van der Waals surface area (Å²) in [7, 11) is 0. The van der Waals surface area contributed by atoms with E-state index < -0.39 is 34.9 Å². The lowest BCUT2D eigenvalue weighted by molar-refractivity contribution is 0.0493. The van der Waals surface area contributed by atoms with Crippen molar-refractivity contribution in [3.63, 3.8) is 0 Å². The van der Waals surface area contributed by atoms with Crippen molar-refractivity contribution >= 4 is 17.0 Å². The monoisotopic (exact) mass is 441 g/mol. The number of alkyl carbamates (subject to hydrolysis) is 1. The van der Waals surface area contributed by atoms with Gasteiger partial charge in [-0.3, -0.25) is 9.36 Å². The van der Waals surface area contributed by atoms with Crippen LogP contribution in [0, 0.1) is 24.5 Å². The Kier molecular flexibility index (Phi) is 5.48. The average Bonchev–Trinajstić information content (AvgIpc) is 3.48. The number of aromatic nitrogens is 2. The fourth-order valence-electron chi connectivity index (χ4n) is 3.80. The molecule has 1 fully saturated rings. The number of carbonyl (C=O) groups is 1. The highest BCUT2D eigenvalue weighted by atomic mass is 19.1. The van der Waals surface area contributed by atoms with Crippen LogP contribution in [0.4, 0.5) is 13.6 Å². The lowest BCUT2D eigenvalue weighted by Crippen LogP contribution is -2.39. The van der Waals surface area contributed by atoms with Gasteiger partial charge in [-0.1, -0.05) is 12.1 Å². The summed E-state index contributed by atoms with van der Waals surface area (Å²) in [6.45, 7) is 7.03.